The molecule has 0 N–H and O–H groups in total. The van der Waals surface area contributed by atoms with Gasteiger partial charge in [0.1, 0.15) is 0 Å². The number of carboxylic acid groups (broad SMARTS) is 1. The van der Waals surface area contributed by atoms with Crippen LogP contribution in [0.2, 0.25) is 10.0 Å². The molecule has 156 valence electrons. The van der Waals surface area contributed by atoms with Crippen molar-refractivity contribution in [3.63, 3.8) is 0 Å². The molecular formula is C26H20Cl2O2S. The van der Waals surface area contributed by atoms with Crippen LogP contribution in [0.25, 0.3) is 0 Å². The van der Waals surface area contributed by atoms with Crippen LogP contribution in [0, 0.1) is 0 Å². The molecule has 0 saturated heterocycles. The summed E-state index contributed by atoms with van der Waals surface area (Å²) < 4.78 is 0. The zero-order valence-electron chi connectivity index (χ0n) is 16.6. The molecule has 0 radical (unpaired) electrons. The Kier molecular flexibility index (Phi) is 8.60. The van der Waals surface area contributed by atoms with Crippen molar-refractivity contribution in [2.45, 2.75) is 21.1 Å². The molecule has 0 fully saturated rings. The third-order valence-electron chi connectivity index (χ3n) is 4.27. The number of hydrogen-bond donors (Lipinski definition) is 0. The summed E-state index contributed by atoms with van der Waals surface area (Å²) in [6.07, 6.45) is 0.000833. The van der Waals surface area contributed by atoms with Gasteiger partial charge in [-0.3, -0.25) is 0 Å². The molecular weight excluding hydrogens is 447 g/mol. The standard InChI is InChI=1S/C18H13Cl2S.C8H8O2/c19-14-6-10-17(11-7-14)21(16-4-2-1-3-5-16)18-12-8-15(20)9-13-18;9-8(10)6-7-4-2-1-3-5-7/h1-13H;1-5H,6H2,(H,9,10)/q+1;/p-1. The molecule has 0 aliphatic rings. The average molecular weight is 467 g/mol. The fourth-order valence-corrected chi connectivity index (χ4v) is 5.18. The topological polar surface area (TPSA) is 40.1 Å². The predicted octanol–water partition coefficient (Wildman–Crippen LogP) is 6.07. The summed E-state index contributed by atoms with van der Waals surface area (Å²) >= 11 is 12.0. The van der Waals surface area contributed by atoms with Gasteiger partial charge in [0.05, 0.1) is 10.9 Å². The Morgan fingerprint density at radius 2 is 1.00 bits per heavy atom. The summed E-state index contributed by atoms with van der Waals surface area (Å²) in [5, 5.41) is 11.6. The van der Waals surface area contributed by atoms with Crippen molar-refractivity contribution < 1.29 is 9.90 Å². The average Bonchev–Trinajstić information content (AvgIpc) is 2.78. The highest BCUT2D eigenvalue weighted by molar-refractivity contribution is 7.97. The summed E-state index contributed by atoms with van der Waals surface area (Å²) in [6, 6.07) is 35.6. The number of hydrogen-bond acceptors (Lipinski definition) is 2. The first-order valence-corrected chi connectivity index (χ1v) is 11.6. The van der Waals surface area contributed by atoms with Crippen LogP contribution in [0.5, 0.6) is 0 Å². The van der Waals surface area contributed by atoms with Gasteiger partial charge < -0.3 is 9.90 Å². The van der Waals surface area contributed by atoms with Gasteiger partial charge in [-0.2, -0.15) is 0 Å². The molecule has 0 unspecified atom stereocenters. The highest BCUT2D eigenvalue weighted by Gasteiger charge is 2.28. The number of carbonyl (C=O) groups is 1. The second-order valence-electron chi connectivity index (χ2n) is 6.56. The van der Waals surface area contributed by atoms with E-state index in [0.717, 1.165) is 15.6 Å². The van der Waals surface area contributed by atoms with Crippen molar-refractivity contribution in [1.82, 2.24) is 0 Å². The number of rotatable bonds is 5. The zero-order chi connectivity index (χ0) is 22.1. The third kappa shape index (κ3) is 7.18. The summed E-state index contributed by atoms with van der Waals surface area (Å²) in [4.78, 5) is 13.8. The number of halogens is 2. The van der Waals surface area contributed by atoms with Gasteiger partial charge in [-0.15, -0.1) is 0 Å². The van der Waals surface area contributed by atoms with Crippen LogP contribution in [-0.2, 0) is 22.1 Å². The first kappa shape index (κ1) is 23.0. The lowest BCUT2D eigenvalue weighted by Gasteiger charge is -2.08. The lowest BCUT2D eigenvalue weighted by Crippen LogP contribution is -2.24. The number of carbonyl (C=O) groups excluding carboxylic acids is 1. The van der Waals surface area contributed by atoms with Crippen LogP contribution in [0.4, 0.5) is 0 Å². The first-order valence-electron chi connectivity index (χ1n) is 9.57. The third-order valence-corrected chi connectivity index (χ3v) is 7.00. The van der Waals surface area contributed by atoms with E-state index in [4.69, 9.17) is 23.2 Å². The normalized spacial score (nSPS) is 10.3. The molecule has 2 nitrogen and oxygen atoms in total. The maximum atomic E-state index is 10.1. The smallest absolute Gasteiger partial charge is 0.166 e. The molecule has 0 atom stereocenters. The molecule has 0 aliphatic carbocycles. The van der Waals surface area contributed by atoms with E-state index < -0.39 is 5.97 Å². The quantitative estimate of drug-likeness (QED) is 0.335. The Labute approximate surface area is 195 Å². The zero-order valence-corrected chi connectivity index (χ0v) is 18.9. The van der Waals surface area contributed by atoms with E-state index >= 15 is 0 Å². The van der Waals surface area contributed by atoms with Gasteiger partial charge in [-0.25, -0.2) is 0 Å². The molecule has 4 aromatic carbocycles. The van der Waals surface area contributed by atoms with Crippen molar-refractivity contribution in [3.8, 4) is 0 Å². The Bertz CT molecular complexity index is 1040. The summed E-state index contributed by atoms with van der Waals surface area (Å²) in [5.74, 6) is -1.04. The van der Waals surface area contributed by atoms with E-state index in [0.29, 0.717) is 0 Å². The SMILES string of the molecule is Clc1ccc([S+](c2ccccc2)c2ccc(Cl)cc2)cc1.O=C([O-])Cc1ccccc1. The van der Waals surface area contributed by atoms with Crippen molar-refractivity contribution in [1.29, 1.82) is 0 Å². The predicted molar refractivity (Wildman–Crippen MR) is 127 cm³/mol. The molecule has 31 heavy (non-hydrogen) atoms. The van der Waals surface area contributed by atoms with Crippen molar-refractivity contribution in [2.24, 2.45) is 0 Å². The highest BCUT2D eigenvalue weighted by atomic mass is 35.5. The van der Waals surface area contributed by atoms with E-state index in [1.807, 2.05) is 36.4 Å². The van der Waals surface area contributed by atoms with Crippen molar-refractivity contribution >= 4 is 40.1 Å². The fourth-order valence-electron chi connectivity index (χ4n) is 2.87. The lowest BCUT2D eigenvalue weighted by atomic mass is 10.2. The minimum Gasteiger partial charge on any atom is -0.550 e. The van der Waals surface area contributed by atoms with E-state index in [1.54, 1.807) is 24.3 Å². The molecule has 0 spiro atoms. The first-order chi connectivity index (χ1) is 15.0. The van der Waals surface area contributed by atoms with E-state index in [-0.39, 0.29) is 17.3 Å². The Balaban J connectivity index is 0.000000229. The van der Waals surface area contributed by atoms with E-state index in [9.17, 15) is 9.90 Å². The van der Waals surface area contributed by atoms with Gasteiger partial charge in [0, 0.05) is 22.4 Å². The van der Waals surface area contributed by atoms with Gasteiger partial charge in [-0.1, -0.05) is 71.7 Å². The maximum Gasteiger partial charge on any atom is 0.166 e. The van der Waals surface area contributed by atoms with Crippen LogP contribution >= 0.6 is 23.2 Å². The van der Waals surface area contributed by atoms with Gasteiger partial charge >= 0.3 is 0 Å². The lowest BCUT2D eigenvalue weighted by molar-refractivity contribution is -0.304. The fraction of sp³-hybridized carbons (Fsp3) is 0.0385. The van der Waals surface area contributed by atoms with Gasteiger partial charge in [0.15, 0.2) is 14.7 Å². The molecule has 0 bridgehead atoms. The van der Waals surface area contributed by atoms with Crippen molar-refractivity contribution in [3.05, 3.63) is 125 Å². The molecule has 0 amide bonds. The molecule has 5 heteroatoms. The van der Waals surface area contributed by atoms with Crippen LogP contribution in [0.3, 0.4) is 0 Å². The Morgan fingerprint density at radius 1 is 0.613 bits per heavy atom. The Hall–Kier alpha value is -2.72. The second-order valence-corrected chi connectivity index (χ2v) is 9.46. The highest BCUT2D eigenvalue weighted by Crippen LogP contribution is 2.32. The molecule has 0 heterocycles. The van der Waals surface area contributed by atoms with Crippen LogP contribution in [-0.4, -0.2) is 5.97 Å². The van der Waals surface area contributed by atoms with Crippen LogP contribution in [0.15, 0.2) is 124 Å². The summed E-state index contributed by atoms with van der Waals surface area (Å²) in [7, 11) is -0.148. The monoisotopic (exact) mass is 466 g/mol. The van der Waals surface area contributed by atoms with Crippen LogP contribution in [0.1, 0.15) is 5.56 Å². The Morgan fingerprint density at radius 3 is 1.42 bits per heavy atom. The van der Waals surface area contributed by atoms with Crippen molar-refractivity contribution in [2.75, 3.05) is 0 Å². The van der Waals surface area contributed by atoms with Gasteiger partial charge in [0.2, 0.25) is 0 Å². The molecule has 4 aromatic rings. The van der Waals surface area contributed by atoms with Gasteiger partial charge in [-0.05, 0) is 66.2 Å². The second kappa shape index (κ2) is 11.6. The molecule has 0 aromatic heterocycles. The maximum absolute atomic E-state index is 10.1. The molecule has 0 aliphatic heterocycles. The largest absolute Gasteiger partial charge is 0.550 e. The molecule has 4 rings (SSSR count). The minimum absolute atomic E-state index is 0.000833. The van der Waals surface area contributed by atoms with Gasteiger partial charge in [0.25, 0.3) is 0 Å². The summed E-state index contributed by atoms with van der Waals surface area (Å²) in [6.45, 7) is 0. The number of benzene rings is 4. The molecule has 0 saturated carbocycles. The van der Waals surface area contributed by atoms with E-state index in [2.05, 4.69) is 48.5 Å². The van der Waals surface area contributed by atoms with Crippen LogP contribution < -0.4 is 5.11 Å². The number of carboxylic acids is 1. The minimum atomic E-state index is -1.04. The number of aliphatic carboxylic acids is 1. The summed E-state index contributed by atoms with van der Waals surface area (Å²) in [5.41, 5.74) is 0.780. The van der Waals surface area contributed by atoms with E-state index in [1.165, 1.54) is 14.7 Å².